The van der Waals surface area contributed by atoms with Crippen LogP contribution in [0.4, 0.5) is 5.69 Å². The van der Waals surface area contributed by atoms with Gasteiger partial charge in [-0.25, -0.2) is 0 Å². The molecule has 1 heterocycles. The van der Waals surface area contributed by atoms with Crippen LogP contribution in [0.25, 0.3) is 10.9 Å². The molecule has 19 heavy (non-hydrogen) atoms. The lowest BCUT2D eigenvalue weighted by Crippen LogP contribution is -2.23. The van der Waals surface area contributed by atoms with Crippen LogP contribution in [-0.4, -0.2) is 11.0 Å². The molecular formula is C16H19BrN2. The zero-order chi connectivity index (χ0) is 13.2. The SMILES string of the molecule is CC(Nc1cccc2cc(Br)cnc12)C1CCCC1. The quantitative estimate of drug-likeness (QED) is 0.862. The number of para-hydroxylation sites is 1. The number of anilines is 1. The number of rotatable bonds is 3. The third-order valence-corrected chi connectivity index (χ3v) is 4.60. The van der Waals surface area contributed by atoms with Crippen LogP contribution in [0.3, 0.4) is 0 Å². The molecule has 2 nitrogen and oxygen atoms in total. The van der Waals surface area contributed by atoms with E-state index in [0.717, 1.165) is 21.6 Å². The van der Waals surface area contributed by atoms with Crippen molar-refractivity contribution in [2.45, 2.75) is 38.6 Å². The summed E-state index contributed by atoms with van der Waals surface area (Å²) < 4.78 is 1.03. The zero-order valence-electron chi connectivity index (χ0n) is 11.2. The molecule has 0 spiro atoms. The summed E-state index contributed by atoms with van der Waals surface area (Å²) in [6, 6.07) is 8.99. The predicted molar refractivity (Wildman–Crippen MR) is 84.5 cm³/mol. The molecule has 0 aliphatic heterocycles. The molecule has 1 atom stereocenters. The molecule has 3 rings (SSSR count). The molecule has 0 radical (unpaired) electrons. The Morgan fingerprint density at radius 2 is 2.11 bits per heavy atom. The van der Waals surface area contributed by atoms with Gasteiger partial charge in [0.1, 0.15) is 0 Å². The van der Waals surface area contributed by atoms with Gasteiger partial charge in [-0.3, -0.25) is 4.98 Å². The van der Waals surface area contributed by atoms with Crippen LogP contribution in [0.2, 0.25) is 0 Å². The number of aromatic nitrogens is 1. The minimum atomic E-state index is 0.526. The minimum absolute atomic E-state index is 0.526. The average molecular weight is 319 g/mol. The maximum atomic E-state index is 4.55. The van der Waals surface area contributed by atoms with Crippen molar-refractivity contribution in [3.8, 4) is 0 Å². The number of hydrogen-bond donors (Lipinski definition) is 1. The number of benzene rings is 1. The van der Waals surface area contributed by atoms with Crippen LogP contribution in [-0.2, 0) is 0 Å². The summed E-state index contributed by atoms with van der Waals surface area (Å²) in [5, 5.41) is 4.85. The van der Waals surface area contributed by atoms with E-state index in [2.05, 4.69) is 57.4 Å². The van der Waals surface area contributed by atoms with Gasteiger partial charge in [0.05, 0.1) is 11.2 Å². The van der Waals surface area contributed by atoms with E-state index < -0.39 is 0 Å². The van der Waals surface area contributed by atoms with E-state index in [1.807, 2.05) is 6.20 Å². The summed E-state index contributed by atoms with van der Waals surface area (Å²) in [5.74, 6) is 0.811. The highest BCUT2D eigenvalue weighted by atomic mass is 79.9. The average Bonchev–Trinajstić information content (AvgIpc) is 2.92. The monoisotopic (exact) mass is 318 g/mol. The number of pyridine rings is 1. The Morgan fingerprint density at radius 1 is 1.32 bits per heavy atom. The van der Waals surface area contributed by atoms with Crippen molar-refractivity contribution in [2.24, 2.45) is 5.92 Å². The smallest absolute Gasteiger partial charge is 0.0934 e. The molecule has 1 fully saturated rings. The van der Waals surface area contributed by atoms with Gasteiger partial charge in [-0.1, -0.05) is 25.0 Å². The number of halogens is 1. The first-order valence-electron chi connectivity index (χ1n) is 7.05. The maximum Gasteiger partial charge on any atom is 0.0934 e. The molecule has 1 aliphatic rings. The van der Waals surface area contributed by atoms with Crippen molar-refractivity contribution in [3.63, 3.8) is 0 Å². The summed E-state index contributed by atoms with van der Waals surface area (Å²) in [5.41, 5.74) is 2.22. The van der Waals surface area contributed by atoms with E-state index in [9.17, 15) is 0 Å². The molecular weight excluding hydrogens is 300 g/mol. The van der Waals surface area contributed by atoms with Crippen LogP contribution in [0.15, 0.2) is 34.9 Å². The molecule has 1 aromatic carbocycles. The first-order chi connectivity index (χ1) is 9.24. The first kappa shape index (κ1) is 12.9. The molecule has 1 N–H and O–H groups in total. The van der Waals surface area contributed by atoms with E-state index in [1.54, 1.807) is 0 Å². The molecule has 0 bridgehead atoms. The maximum absolute atomic E-state index is 4.55. The van der Waals surface area contributed by atoms with Gasteiger partial charge >= 0.3 is 0 Å². The number of nitrogens with zero attached hydrogens (tertiary/aromatic N) is 1. The van der Waals surface area contributed by atoms with Gasteiger partial charge in [0.15, 0.2) is 0 Å². The van der Waals surface area contributed by atoms with Gasteiger partial charge in [-0.15, -0.1) is 0 Å². The molecule has 3 heteroatoms. The molecule has 1 aromatic heterocycles. The summed E-state index contributed by atoms with van der Waals surface area (Å²) in [7, 11) is 0. The van der Waals surface area contributed by atoms with Crippen LogP contribution >= 0.6 is 15.9 Å². The largest absolute Gasteiger partial charge is 0.381 e. The second-order valence-electron chi connectivity index (χ2n) is 5.51. The van der Waals surface area contributed by atoms with E-state index in [0.29, 0.717) is 6.04 Å². The molecule has 1 unspecified atom stereocenters. The van der Waals surface area contributed by atoms with Gasteiger partial charge in [0.25, 0.3) is 0 Å². The second kappa shape index (κ2) is 5.49. The van der Waals surface area contributed by atoms with Crippen LogP contribution < -0.4 is 5.32 Å². The summed E-state index contributed by atoms with van der Waals surface area (Å²) in [6.45, 7) is 2.30. The van der Waals surface area contributed by atoms with Crippen molar-refractivity contribution in [1.29, 1.82) is 0 Å². The Hall–Kier alpha value is -1.09. The first-order valence-corrected chi connectivity index (χ1v) is 7.84. The topological polar surface area (TPSA) is 24.9 Å². The Kier molecular flexibility index (Phi) is 3.74. The van der Waals surface area contributed by atoms with Crippen LogP contribution in [0.1, 0.15) is 32.6 Å². The lowest BCUT2D eigenvalue weighted by molar-refractivity contribution is 0.482. The van der Waals surface area contributed by atoms with E-state index in [-0.39, 0.29) is 0 Å². The fourth-order valence-electron chi connectivity index (χ4n) is 3.07. The lowest BCUT2D eigenvalue weighted by Gasteiger charge is -2.22. The van der Waals surface area contributed by atoms with E-state index >= 15 is 0 Å². The summed E-state index contributed by atoms with van der Waals surface area (Å²) in [6.07, 6.45) is 7.36. The molecule has 0 saturated heterocycles. The van der Waals surface area contributed by atoms with E-state index in [1.165, 1.54) is 31.1 Å². The molecule has 2 aromatic rings. The van der Waals surface area contributed by atoms with Gasteiger partial charge < -0.3 is 5.32 Å². The van der Waals surface area contributed by atoms with Crippen molar-refractivity contribution in [3.05, 3.63) is 34.9 Å². The molecule has 0 amide bonds. The zero-order valence-corrected chi connectivity index (χ0v) is 12.8. The van der Waals surface area contributed by atoms with Gasteiger partial charge in [-0.2, -0.15) is 0 Å². The molecule has 100 valence electrons. The third kappa shape index (κ3) is 2.76. The second-order valence-corrected chi connectivity index (χ2v) is 6.42. The third-order valence-electron chi connectivity index (χ3n) is 4.17. The Labute approximate surface area is 122 Å². The Morgan fingerprint density at radius 3 is 2.89 bits per heavy atom. The number of hydrogen-bond acceptors (Lipinski definition) is 2. The number of nitrogens with one attached hydrogen (secondary N) is 1. The van der Waals surface area contributed by atoms with Gasteiger partial charge in [-0.05, 0) is 53.7 Å². The highest BCUT2D eigenvalue weighted by molar-refractivity contribution is 9.10. The normalized spacial score (nSPS) is 17.8. The van der Waals surface area contributed by atoms with Crippen LogP contribution in [0.5, 0.6) is 0 Å². The van der Waals surface area contributed by atoms with Gasteiger partial charge in [0, 0.05) is 22.1 Å². The minimum Gasteiger partial charge on any atom is -0.381 e. The van der Waals surface area contributed by atoms with Crippen molar-refractivity contribution in [1.82, 2.24) is 4.98 Å². The standard InChI is InChI=1S/C16H19BrN2/c1-11(12-5-2-3-6-12)19-15-8-4-7-13-9-14(17)10-18-16(13)15/h4,7-12,19H,2-3,5-6H2,1H3. The fraction of sp³-hybridized carbons (Fsp3) is 0.438. The highest BCUT2D eigenvalue weighted by Crippen LogP contribution is 2.31. The lowest BCUT2D eigenvalue weighted by atomic mass is 9.99. The van der Waals surface area contributed by atoms with Gasteiger partial charge in [0.2, 0.25) is 0 Å². The Bertz CT molecular complexity index is 576. The summed E-state index contributed by atoms with van der Waals surface area (Å²) in [4.78, 5) is 4.55. The predicted octanol–water partition coefficient (Wildman–Crippen LogP) is 4.99. The van der Waals surface area contributed by atoms with Crippen molar-refractivity contribution >= 4 is 32.5 Å². The molecule has 1 saturated carbocycles. The van der Waals surface area contributed by atoms with Crippen molar-refractivity contribution in [2.75, 3.05) is 5.32 Å². The summed E-state index contributed by atoms with van der Waals surface area (Å²) >= 11 is 3.48. The highest BCUT2D eigenvalue weighted by Gasteiger charge is 2.21. The van der Waals surface area contributed by atoms with Crippen molar-refractivity contribution < 1.29 is 0 Å². The van der Waals surface area contributed by atoms with E-state index in [4.69, 9.17) is 0 Å². The fourth-order valence-corrected chi connectivity index (χ4v) is 3.42. The number of fused-ring (bicyclic) bond motifs is 1. The molecule has 1 aliphatic carbocycles. The van der Waals surface area contributed by atoms with Crippen LogP contribution in [0, 0.1) is 5.92 Å². The Balaban J connectivity index is 1.87.